The van der Waals surface area contributed by atoms with Crippen LogP contribution in [0, 0.1) is 0 Å². The molecule has 1 unspecified atom stereocenters. The van der Waals surface area contributed by atoms with Crippen molar-refractivity contribution in [3.63, 3.8) is 0 Å². The predicted molar refractivity (Wildman–Crippen MR) is 109 cm³/mol. The highest BCUT2D eigenvalue weighted by Crippen LogP contribution is 2.36. The van der Waals surface area contributed by atoms with Gasteiger partial charge in [0.05, 0.1) is 17.0 Å². The van der Waals surface area contributed by atoms with Gasteiger partial charge in [0.15, 0.2) is 0 Å². The van der Waals surface area contributed by atoms with Crippen LogP contribution in [0.25, 0.3) is 0 Å². The maximum Gasteiger partial charge on any atom is 0.416 e. The second-order valence-corrected chi connectivity index (χ2v) is 8.02. The third kappa shape index (κ3) is 6.86. The fraction of sp³-hybridized carbons (Fsp3) is 0.364. The van der Waals surface area contributed by atoms with E-state index in [1.807, 2.05) is 0 Å². The van der Waals surface area contributed by atoms with Gasteiger partial charge in [0.2, 0.25) is 0 Å². The standard InChI is InChI=1S/C22H20ClF6NO3/c1-12(3-8-18(20(32)33)13-4-6-17(23)7-5-13)30(2)19(31)14-9-15(21(24,25)26)11-16(10-14)22(27,28)29/h4-7,9-12,18H,3,8H2,1-2H3,(H,32,33)/t12-,18?/m0/s1. The summed E-state index contributed by atoms with van der Waals surface area (Å²) >= 11 is 5.80. The highest BCUT2D eigenvalue weighted by Gasteiger charge is 2.38. The minimum atomic E-state index is -5.08. The average Bonchev–Trinajstić information content (AvgIpc) is 2.72. The van der Waals surface area contributed by atoms with E-state index in [1.54, 1.807) is 12.1 Å². The third-order valence-corrected chi connectivity index (χ3v) is 5.51. The van der Waals surface area contributed by atoms with Gasteiger partial charge in [-0.15, -0.1) is 0 Å². The Morgan fingerprint density at radius 2 is 1.42 bits per heavy atom. The maximum absolute atomic E-state index is 13.1. The molecule has 1 N–H and O–H groups in total. The number of rotatable bonds is 7. The van der Waals surface area contributed by atoms with E-state index in [9.17, 15) is 41.0 Å². The molecule has 180 valence electrons. The van der Waals surface area contributed by atoms with Gasteiger partial charge in [-0.05, 0) is 55.7 Å². The third-order valence-electron chi connectivity index (χ3n) is 5.26. The number of carboxylic acid groups (broad SMARTS) is 1. The average molecular weight is 496 g/mol. The summed E-state index contributed by atoms with van der Waals surface area (Å²) in [6.07, 6.45) is -9.94. The van der Waals surface area contributed by atoms with Crippen LogP contribution in [0.3, 0.4) is 0 Å². The Kier molecular flexibility index (Phi) is 8.05. The molecule has 0 saturated heterocycles. The molecule has 33 heavy (non-hydrogen) atoms. The molecule has 1 amide bonds. The van der Waals surface area contributed by atoms with Crippen molar-refractivity contribution in [2.75, 3.05) is 7.05 Å². The number of hydrogen-bond donors (Lipinski definition) is 1. The first-order valence-corrected chi connectivity index (χ1v) is 10.0. The van der Waals surface area contributed by atoms with Crippen molar-refractivity contribution in [3.05, 3.63) is 69.7 Å². The van der Waals surface area contributed by atoms with Crippen LogP contribution in [0.15, 0.2) is 42.5 Å². The molecule has 0 aliphatic heterocycles. The van der Waals surface area contributed by atoms with Crippen LogP contribution in [0.5, 0.6) is 0 Å². The van der Waals surface area contributed by atoms with Crippen molar-refractivity contribution in [1.29, 1.82) is 0 Å². The topological polar surface area (TPSA) is 57.6 Å². The predicted octanol–water partition coefficient (Wildman–Crippen LogP) is 6.49. The second kappa shape index (κ2) is 10.0. The lowest BCUT2D eigenvalue weighted by Crippen LogP contribution is -2.36. The maximum atomic E-state index is 13.1. The van der Waals surface area contributed by atoms with Crippen LogP contribution in [0.2, 0.25) is 5.02 Å². The number of hydrogen-bond acceptors (Lipinski definition) is 2. The molecule has 2 rings (SSSR count). The van der Waals surface area contributed by atoms with Crippen molar-refractivity contribution in [2.45, 2.75) is 44.1 Å². The minimum absolute atomic E-state index is 0.0518. The van der Waals surface area contributed by atoms with Crippen LogP contribution in [0.1, 0.15) is 52.7 Å². The number of benzene rings is 2. The summed E-state index contributed by atoms with van der Waals surface area (Å²) < 4.78 is 78.4. The molecule has 0 bridgehead atoms. The van der Waals surface area contributed by atoms with E-state index in [0.717, 1.165) is 4.90 Å². The lowest BCUT2D eigenvalue weighted by atomic mass is 9.92. The van der Waals surface area contributed by atoms with Gasteiger partial charge in [-0.25, -0.2) is 0 Å². The largest absolute Gasteiger partial charge is 0.481 e. The number of carboxylic acids is 1. The van der Waals surface area contributed by atoms with E-state index in [0.29, 0.717) is 22.7 Å². The first-order valence-electron chi connectivity index (χ1n) is 9.66. The van der Waals surface area contributed by atoms with Crippen molar-refractivity contribution in [3.8, 4) is 0 Å². The Balaban J connectivity index is 2.22. The van der Waals surface area contributed by atoms with E-state index in [-0.39, 0.29) is 18.9 Å². The summed E-state index contributed by atoms with van der Waals surface area (Å²) in [6, 6.07) is 6.15. The number of aliphatic carboxylic acids is 1. The number of amides is 1. The van der Waals surface area contributed by atoms with E-state index in [4.69, 9.17) is 11.6 Å². The molecular formula is C22H20ClF6NO3. The molecule has 11 heteroatoms. The summed E-state index contributed by atoms with van der Waals surface area (Å²) in [6.45, 7) is 1.52. The molecule has 0 aliphatic rings. The van der Waals surface area contributed by atoms with E-state index in [1.165, 1.54) is 26.1 Å². The summed E-state index contributed by atoms with van der Waals surface area (Å²) in [7, 11) is 1.23. The summed E-state index contributed by atoms with van der Waals surface area (Å²) in [5, 5.41) is 9.94. The summed E-state index contributed by atoms with van der Waals surface area (Å²) in [5.41, 5.74) is -3.47. The minimum Gasteiger partial charge on any atom is -0.481 e. The second-order valence-electron chi connectivity index (χ2n) is 7.58. The number of carbonyl (C=O) groups excluding carboxylic acids is 1. The highest BCUT2D eigenvalue weighted by molar-refractivity contribution is 6.30. The van der Waals surface area contributed by atoms with Crippen molar-refractivity contribution < 1.29 is 41.0 Å². The summed E-state index contributed by atoms with van der Waals surface area (Å²) in [5.74, 6) is -3.10. The molecule has 0 radical (unpaired) electrons. The van der Waals surface area contributed by atoms with E-state index in [2.05, 4.69) is 0 Å². The first-order chi connectivity index (χ1) is 15.1. The molecule has 0 saturated carbocycles. The van der Waals surface area contributed by atoms with Gasteiger partial charge >= 0.3 is 18.3 Å². The van der Waals surface area contributed by atoms with Crippen LogP contribution >= 0.6 is 11.6 Å². The van der Waals surface area contributed by atoms with Crippen LogP contribution in [-0.2, 0) is 17.1 Å². The molecule has 0 heterocycles. The van der Waals surface area contributed by atoms with Crippen molar-refractivity contribution in [2.24, 2.45) is 0 Å². The monoisotopic (exact) mass is 495 g/mol. The molecule has 2 aromatic carbocycles. The normalized spacial score (nSPS) is 14.0. The smallest absolute Gasteiger partial charge is 0.416 e. The summed E-state index contributed by atoms with van der Waals surface area (Å²) in [4.78, 5) is 25.3. The van der Waals surface area contributed by atoms with E-state index < -0.39 is 52.9 Å². The lowest BCUT2D eigenvalue weighted by molar-refractivity contribution is -0.143. The highest BCUT2D eigenvalue weighted by atomic mass is 35.5. The molecule has 0 aromatic heterocycles. The Morgan fingerprint density at radius 3 is 1.85 bits per heavy atom. The zero-order valence-electron chi connectivity index (χ0n) is 17.5. The van der Waals surface area contributed by atoms with Gasteiger partial charge in [-0.2, -0.15) is 26.3 Å². The molecule has 2 atom stereocenters. The Morgan fingerprint density at radius 1 is 0.939 bits per heavy atom. The zero-order chi connectivity index (χ0) is 25.1. The number of alkyl halides is 6. The molecular weight excluding hydrogens is 476 g/mol. The molecule has 0 fully saturated rings. The number of nitrogens with zero attached hydrogens (tertiary/aromatic N) is 1. The van der Waals surface area contributed by atoms with Crippen LogP contribution in [-0.4, -0.2) is 35.0 Å². The van der Waals surface area contributed by atoms with Crippen LogP contribution < -0.4 is 0 Å². The van der Waals surface area contributed by atoms with Gasteiger partial charge in [0.1, 0.15) is 0 Å². The van der Waals surface area contributed by atoms with Crippen molar-refractivity contribution >= 4 is 23.5 Å². The van der Waals surface area contributed by atoms with Gasteiger partial charge in [0.25, 0.3) is 5.91 Å². The Labute approximate surface area is 190 Å². The van der Waals surface area contributed by atoms with E-state index >= 15 is 0 Å². The van der Waals surface area contributed by atoms with Gasteiger partial charge in [-0.3, -0.25) is 9.59 Å². The molecule has 2 aromatic rings. The Hall–Kier alpha value is -2.75. The number of carbonyl (C=O) groups is 2. The zero-order valence-corrected chi connectivity index (χ0v) is 18.2. The fourth-order valence-electron chi connectivity index (χ4n) is 3.21. The quantitative estimate of drug-likeness (QED) is 0.447. The number of halogens is 7. The van der Waals surface area contributed by atoms with Gasteiger partial charge < -0.3 is 10.0 Å². The van der Waals surface area contributed by atoms with Crippen LogP contribution in [0.4, 0.5) is 26.3 Å². The van der Waals surface area contributed by atoms with Gasteiger partial charge in [-0.1, -0.05) is 23.7 Å². The molecule has 0 aliphatic carbocycles. The SMILES string of the molecule is C[C@@H](CCC(C(=O)O)c1ccc(Cl)cc1)N(C)C(=O)c1cc(C(F)(F)F)cc(C(F)(F)F)c1. The fourth-order valence-corrected chi connectivity index (χ4v) is 3.34. The first kappa shape index (κ1) is 26.5. The lowest BCUT2D eigenvalue weighted by Gasteiger charge is -2.27. The van der Waals surface area contributed by atoms with Crippen molar-refractivity contribution in [1.82, 2.24) is 4.90 Å². The molecule has 4 nitrogen and oxygen atoms in total. The molecule has 0 spiro atoms. The Bertz CT molecular complexity index is 972. The van der Waals surface area contributed by atoms with Gasteiger partial charge in [0, 0.05) is 23.7 Å².